The van der Waals surface area contributed by atoms with Crippen LogP contribution in [0.15, 0.2) is 0 Å². The van der Waals surface area contributed by atoms with Crippen LogP contribution >= 0.6 is 0 Å². The number of likely N-dealkylation sites (tertiary alicyclic amines) is 1. The summed E-state index contributed by atoms with van der Waals surface area (Å²) in [6.07, 6.45) is 5.48. The Hall–Kier alpha value is -0.570. The van der Waals surface area contributed by atoms with E-state index in [1.165, 1.54) is 19.3 Å². The summed E-state index contributed by atoms with van der Waals surface area (Å²) in [6, 6.07) is 0.504. The summed E-state index contributed by atoms with van der Waals surface area (Å²) >= 11 is 0. The second kappa shape index (κ2) is 5.85. The molecule has 3 nitrogen and oxygen atoms in total. The second-order valence-corrected chi connectivity index (χ2v) is 5.94. The van der Waals surface area contributed by atoms with E-state index in [1.807, 2.05) is 0 Å². The number of carbonyl (C=O) groups excluding carboxylic acids is 1. The molecule has 98 valence electrons. The predicted molar refractivity (Wildman–Crippen MR) is 69.8 cm³/mol. The van der Waals surface area contributed by atoms with E-state index in [1.54, 1.807) is 0 Å². The Morgan fingerprint density at radius 2 is 2.24 bits per heavy atom. The van der Waals surface area contributed by atoms with Gasteiger partial charge in [0.05, 0.1) is 0 Å². The van der Waals surface area contributed by atoms with Crippen molar-refractivity contribution in [3.05, 3.63) is 0 Å². The standard InChI is InChI=1S/C14H26N2O/c1-11(2)13-4-3-9-16(13)14(17)6-5-12-7-8-15-10-12/h11-13,15H,3-10H2,1-2H3. The highest BCUT2D eigenvalue weighted by Gasteiger charge is 2.30. The Bertz CT molecular complexity index is 259. The summed E-state index contributed by atoms with van der Waals surface area (Å²) in [5, 5.41) is 3.37. The molecule has 0 aromatic heterocycles. The Labute approximate surface area is 105 Å². The topological polar surface area (TPSA) is 32.3 Å². The van der Waals surface area contributed by atoms with Gasteiger partial charge in [0.1, 0.15) is 0 Å². The molecule has 0 aliphatic carbocycles. The molecule has 0 radical (unpaired) electrons. The predicted octanol–water partition coefficient (Wildman–Crippen LogP) is 2.02. The van der Waals surface area contributed by atoms with Gasteiger partial charge in [0.2, 0.25) is 5.91 Å². The number of carbonyl (C=O) groups is 1. The lowest BCUT2D eigenvalue weighted by Crippen LogP contribution is -2.38. The summed E-state index contributed by atoms with van der Waals surface area (Å²) in [6.45, 7) is 7.71. The van der Waals surface area contributed by atoms with E-state index in [0.717, 1.165) is 38.4 Å². The minimum Gasteiger partial charge on any atom is -0.339 e. The van der Waals surface area contributed by atoms with Gasteiger partial charge in [-0.05, 0) is 50.6 Å². The van der Waals surface area contributed by atoms with Crippen molar-refractivity contribution in [1.29, 1.82) is 0 Å². The van der Waals surface area contributed by atoms with E-state index in [4.69, 9.17) is 0 Å². The highest BCUT2D eigenvalue weighted by atomic mass is 16.2. The van der Waals surface area contributed by atoms with Crippen molar-refractivity contribution in [2.45, 2.75) is 52.0 Å². The molecule has 0 spiro atoms. The number of amides is 1. The monoisotopic (exact) mass is 238 g/mol. The van der Waals surface area contributed by atoms with E-state index in [2.05, 4.69) is 24.1 Å². The summed E-state index contributed by atoms with van der Waals surface area (Å²) in [5.74, 6) is 1.74. The highest BCUT2D eigenvalue weighted by Crippen LogP contribution is 2.25. The molecular formula is C14H26N2O. The SMILES string of the molecule is CC(C)C1CCCN1C(=O)CCC1CCNC1. The minimum absolute atomic E-state index is 0.396. The first-order valence-corrected chi connectivity index (χ1v) is 7.18. The molecule has 2 rings (SSSR count). The third kappa shape index (κ3) is 3.21. The fraction of sp³-hybridized carbons (Fsp3) is 0.929. The van der Waals surface area contributed by atoms with E-state index < -0.39 is 0 Å². The van der Waals surface area contributed by atoms with E-state index in [0.29, 0.717) is 17.9 Å². The molecule has 2 aliphatic heterocycles. The molecule has 2 saturated heterocycles. The molecule has 2 aliphatic rings. The molecule has 1 N–H and O–H groups in total. The van der Waals surface area contributed by atoms with Crippen LogP contribution in [-0.2, 0) is 4.79 Å². The van der Waals surface area contributed by atoms with Gasteiger partial charge in [-0.2, -0.15) is 0 Å². The van der Waals surface area contributed by atoms with Gasteiger partial charge >= 0.3 is 0 Å². The first-order valence-electron chi connectivity index (χ1n) is 7.18. The fourth-order valence-electron chi connectivity index (χ4n) is 3.23. The molecule has 2 heterocycles. The average molecular weight is 238 g/mol. The molecule has 2 unspecified atom stereocenters. The molecule has 0 aromatic rings. The largest absolute Gasteiger partial charge is 0.339 e. The average Bonchev–Trinajstić information content (AvgIpc) is 2.96. The van der Waals surface area contributed by atoms with E-state index >= 15 is 0 Å². The van der Waals surface area contributed by atoms with Gasteiger partial charge in [0.25, 0.3) is 0 Å². The van der Waals surface area contributed by atoms with Gasteiger partial charge in [0, 0.05) is 19.0 Å². The molecule has 0 saturated carbocycles. The van der Waals surface area contributed by atoms with Gasteiger partial charge in [-0.25, -0.2) is 0 Å². The van der Waals surface area contributed by atoms with Gasteiger partial charge < -0.3 is 10.2 Å². The zero-order chi connectivity index (χ0) is 12.3. The van der Waals surface area contributed by atoms with Crippen molar-refractivity contribution in [1.82, 2.24) is 10.2 Å². The van der Waals surface area contributed by atoms with Crippen LogP contribution in [0.25, 0.3) is 0 Å². The van der Waals surface area contributed by atoms with Crippen molar-refractivity contribution >= 4 is 5.91 Å². The fourth-order valence-corrected chi connectivity index (χ4v) is 3.23. The summed E-state index contributed by atoms with van der Waals surface area (Å²) in [4.78, 5) is 14.4. The summed E-state index contributed by atoms with van der Waals surface area (Å²) in [5.41, 5.74) is 0. The maximum atomic E-state index is 12.2. The Kier molecular flexibility index (Phi) is 4.43. The van der Waals surface area contributed by atoms with Crippen LogP contribution in [0.5, 0.6) is 0 Å². The number of nitrogens with one attached hydrogen (secondary N) is 1. The van der Waals surface area contributed by atoms with Gasteiger partial charge in [0.15, 0.2) is 0 Å². The second-order valence-electron chi connectivity index (χ2n) is 5.94. The van der Waals surface area contributed by atoms with Crippen LogP contribution < -0.4 is 5.32 Å². The van der Waals surface area contributed by atoms with E-state index in [9.17, 15) is 4.79 Å². The molecule has 0 aromatic carbocycles. The van der Waals surface area contributed by atoms with Crippen LogP contribution in [-0.4, -0.2) is 36.5 Å². The van der Waals surface area contributed by atoms with Crippen molar-refractivity contribution in [2.75, 3.05) is 19.6 Å². The summed E-state index contributed by atoms with van der Waals surface area (Å²) < 4.78 is 0. The Morgan fingerprint density at radius 1 is 1.41 bits per heavy atom. The molecule has 3 heteroatoms. The number of hydrogen-bond donors (Lipinski definition) is 1. The van der Waals surface area contributed by atoms with Crippen molar-refractivity contribution in [2.24, 2.45) is 11.8 Å². The first-order chi connectivity index (χ1) is 8.18. The first kappa shape index (κ1) is 12.9. The lowest BCUT2D eigenvalue weighted by Gasteiger charge is -2.28. The maximum Gasteiger partial charge on any atom is 0.222 e. The molecular weight excluding hydrogens is 212 g/mol. The molecule has 17 heavy (non-hydrogen) atoms. The molecule has 2 atom stereocenters. The third-order valence-corrected chi connectivity index (χ3v) is 4.32. The number of rotatable bonds is 4. The highest BCUT2D eigenvalue weighted by molar-refractivity contribution is 5.76. The van der Waals surface area contributed by atoms with Crippen LogP contribution in [0.4, 0.5) is 0 Å². The smallest absolute Gasteiger partial charge is 0.222 e. The molecule has 0 bridgehead atoms. The zero-order valence-corrected chi connectivity index (χ0v) is 11.2. The third-order valence-electron chi connectivity index (χ3n) is 4.32. The lowest BCUT2D eigenvalue weighted by molar-refractivity contribution is -0.133. The van der Waals surface area contributed by atoms with Gasteiger partial charge in [-0.15, -0.1) is 0 Å². The lowest BCUT2D eigenvalue weighted by atomic mass is 10.00. The zero-order valence-electron chi connectivity index (χ0n) is 11.2. The Balaban J connectivity index is 1.78. The Morgan fingerprint density at radius 3 is 2.88 bits per heavy atom. The van der Waals surface area contributed by atoms with Crippen LogP contribution in [0.3, 0.4) is 0 Å². The number of hydrogen-bond acceptors (Lipinski definition) is 2. The van der Waals surface area contributed by atoms with Crippen LogP contribution in [0.2, 0.25) is 0 Å². The van der Waals surface area contributed by atoms with Crippen molar-refractivity contribution in [3.8, 4) is 0 Å². The maximum absolute atomic E-state index is 12.2. The van der Waals surface area contributed by atoms with E-state index in [-0.39, 0.29) is 0 Å². The minimum atomic E-state index is 0.396. The van der Waals surface area contributed by atoms with Gasteiger partial charge in [-0.1, -0.05) is 13.8 Å². The number of nitrogens with zero attached hydrogens (tertiary/aromatic N) is 1. The van der Waals surface area contributed by atoms with Crippen molar-refractivity contribution in [3.63, 3.8) is 0 Å². The summed E-state index contributed by atoms with van der Waals surface area (Å²) in [7, 11) is 0. The van der Waals surface area contributed by atoms with Crippen LogP contribution in [0, 0.1) is 11.8 Å². The van der Waals surface area contributed by atoms with Crippen molar-refractivity contribution < 1.29 is 4.79 Å². The molecule has 2 fully saturated rings. The molecule has 1 amide bonds. The van der Waals surface area contributed by atoms with Gasteiger partial charge in [-0.3, -0.25) is 4.79 Å². The quantitative estimate of drug-likeness (QED) is 0.812. The normalized spacial score (nSPS) is 29.2. The van der Waals surface area contributed by atoms with Crippen LogP contribution in [0.1, 0.15) is 46.0 Å².